The lowest BCUT2D eigenvalue weighted by molar-refractivity contribution is -0.143. The quantitative estimate of drug-likeness (QED) is 0.0323. The van der Waals surface area contributed by atoms with Gasteiger partial charge in [-0.1, -0.05) is 211 Å². The summed E-state index contributed by atoms with van der Waals surface area (Å²) in [5.74, 6) is -0.170. The molecule has 0 saturated heterocycles. The largest absolute Gasteiger partial charge is 0.466 e. The van der Waals surface area contributed by atoms with Crippen LogP contribution in [0.25, 0.3) is 0 Å². The summed E-state index contributed by atoms with van der Waals surface area (Å²) in [5, 5.41) is 23.0. The average Bonchev–Trinajstić information content (AvgIpc) is 3.24. The van der Waals surface area contributed by atoms with Crippen LogP contribution in [0.4, 0.5) is 0 Å². The fourth-order valence-corrected chi connectivity index (χ4v) is 7.63. The standard InChI is InChI=1S/C53H99NO5/c1-3-5-7-9-11-13-15-17-19-20-21-23-25-27-31-35-39-43-47-53(58)59-48-44-40-36-32-28-30-34-38-42-46-52(57)54-50(49-55)51(56)45-41-37-33-29-26-24-22-18-16-14-12-10-8-6-4-2/h19-20,30,34,41,45,50-51,55-56H,3-18,21-29,31-33,35-40,42-44,46-49H2,1-2H3,(H,54,57)/b20-19-,34-30-,45-41+. The maximum absolute atomic E-state index is 12.4. The molecule has 0 aliphatic rings. The van der Waals surface area contributed by atoms with E-state index in [1.54, 1.807) is 6.08 Å². The molecule has 6 heteroatoms. The van der Waals surface area contributed by atoms with Crippen LogP contribution in [0, 0.1) is 0 Å². The van der Waals surface area contributed by atoms with Crippen molar-refractivity contribution in [3.8, 4) is 0 Å². The van der Waals surface area contributed by atoms with Gasteiger partial charge in [0.25, 0.3) is 0 Å². The van der Waals surface area contributed by atoms with Crippen molar-refractivity contribution in [2.75, 3.05) is 13.2 Å². The van der Waals surface area contributed by atoms with Crippen LogP contribution in [0.2, 0.25) is 0 Å². The normalized spacial score (nSPS) is 12.9. The monoisotopic (exact) mass is 830 g/mol. The van der Waals surface area contributed by atoms with Gasteiger partial charge in [-0.25, -0.2) is 0 Å². The Labute approximate surface area is 366 Å². The van der Waals surface area contributed by atoms with Gasteiger partial charge < -0.3 is 20.3 Å². The highest BCUT2D eigenvalue weighted by Gasteiger charge is 2.17. The molecule has 0 radical (unpaired) electrons. The maximum Gasteiger partial charge on any atom is 0.305 e. The van der Waals surface area contributed by atoms with Crippen LogP contribution in [-0.2, 0) is 14.3 Å². The molecule has 0 spiro atoms. The number of carbonyl (C=O) groups is 2. The summed E-state index contributed by atoms with van der Waals surface area (Å²) in [4.78, 5) is 24.5. The van der Waals surface area contributed by atoms with Crippen molar-refractivity contribution in [1.29, 1.82) is 0 Å². The summed E-state index contributed by atoms with van der Waals surface area (Å²) in [5.41, 5.74) is 0. The van der Waals surface area contributed by atoms with Gasteiger partial charge in [0.05, 0.1) is 25.4 Å². The van der Waals surface area contributed by atoms with Crippen molar-refractivity contribution in [3.05, 3.63) is 36.5 Å². The van der Waals surface area contributed by atoms with Crippen LogP contribution in [0.5, 0.6) is 0 Å². The molecule has 0 aliphatic heterocycles. The Balaban J connectivity index is 3.57. The van der Waals surface area contributed by atoms with Gasteiger partial charge in [0.2, 0.25) is 5.91 Å². The lowest BCUT2D eigenvalue weighted by atomic mass is 10.0. The number of hydrogen-bond acceptors (Lipinski definition) is 5. The molecule has 0 rings (SSSR count). The summed E-state index contributed by atoms with van der Waals surface area (Å²) in [6, 6.07) is -0.665. The summed E-state index contributed by atoms with van der Waals surface area (Å²) in [7, 11) is 0. The molecular formula is C53H99NO5. The van der Waals surface area contributed by atoms with E-state index in [0.717, 1.165) is 70.6 Å². The van der Waals surface area contributed by atoms with Gasteiger partial charge in [0.15, 0.2) is 0 Å². The van der Waals surface area contributed by atoms with E-state index in [0.29, 0.717) is 19.4 Å². The topological polar surface area (TPSA) is 95.9 Å². The van der Waals surface area contributed by atoms with Crippen molar-refractivity contribution in [1.82, 2.24) is 5.32 Å². The second kappa shape index (κ2) is 48.7. The number of nitrogens with one attached hydrogen (secondary N) is 1. The molecule has 3 N–H and O–H groups in total. The van der Waals surface area contributed by atoms with Gasteiger partial charge in [0.1, 0.15) is 0 Å². The first-order chi connectivity index (χ1) is 29.0. The van der Waals surface area contributed by atoms with Crippen molar-refractivity contribution in [3.63, 3.8) is 0 Å². The summed E-state index contributed by atoms with van der Waals surface area (Å²) in [6.07, 6.45) is 58.6. The molecule has 0 fully saturated rings. The predicted octanol–water partition coefficient (Wildman–Crippen LogP) is 15.3. The number of carbonyl (C=O) groups excluding carboxylic acids is 2. The zero-order chi connectivity index (χ0) is 43.0. The Morgan fingerprint density at radius 3 is 1.24 bits per heavy atom. The fourth-order valence-electron chi connectivity index (χ4n) is 7.63. The molecule has 59 heavy (non-hydrogen) atoms. The molecule has 1 amide bonds. The number of amides is 1. The SMILES string of the molecule is CCCCCCCCC/C=C\CCCCCCCCCC(=O)OCCCCCC/C=C\CCCC(=O)NC(CO)C(O)/C=C/CCCCCCCCCCCCCCC. The Morgan fingerprint density at radius 1 is 0.458 bits per heavy atom. The highest BCUT2D eigenvalue weighted by Crippen LogP contribution is 2.15. The van der Waals surface area contributed by atoms with E-state index in [1.807, 2.05) is 6.08 Å². The minimum absolute atomic E-state index is 0.0415. The molecule has 346 valence electrons. The zero-order valence-corrected chi connectivity index (χ0v) is 39.2. The molecular weight excluding hydrogens is 731 g/mol. The molecule has 0 aromatic heterocycles. The number of ether oxygens (including phenoxy) is 1. The number of aliphatic hydroxyl groups excluding tert-OH is 2. The van der Waals surface area contributed by atoms with Crippen molar-refractivity contribution < 1.29 is 24.5 Å². The highest BCUT2D eigenvalue weighted by molar-refractivity contribution is 5.76. The number of unbranched alkanes of at least 4 members (excludes halogenated alkanes) is 32. The lowest BCUT2D eigenvalue weighted by Gasteiger charge is -2.19. The van der Waals surface area contributed by atoms with Gasteiger partial charge in [0, 0.05) is 12.8 Å². The van der Waals surface area contributed by atoms with E-state index in [1.165, 1.54) is 167 Å². The van der Waals surface area contributed by atoms with Crippen molar-refractivity contribution in [2.45, 2.75) is 276 Å². The minimum atomic E-state index is -0.875. The summed E-state index contributed by atoms with van der Waals surface area (Å²) < 4.78 is 5.44. The van der Waals surface area contributed by atoms with Crippen LogP contribution in [0.15, 0.2) is 36.5 Å². The molecule has 0 bridgehead atoms. The lowest BCUT2D eigenvalue weighted by Crippen LogP contribution is -2.45. The Morgan fingerprint density at radius 2 is 0.814 bits per heavy atom. The van der Waals surface area contributed by atoms with Crippen molar-refractivity contribution in [2.24, 2.45) is 0 Å². The Kier molecular flexibility index (Phi) is 47.2. The van der Waals surface area contributed by atoms with Crippen molar-refractivity contribution >= 4 is 11.9 Å². The molecule has 0 aromatic rings. The summed E-state index contributed by atoms with van der Waals surface area (Å²) >= 11 is 0. The van der Waals surface area contributed by atoms with Crippen LogP contribution in [-0.4, -0.2) is 47.4 Å². The molecule has 0 aromatic carbocycles. The second-order valence-corrected chi connectivity index (χ2v) is 17.5. The van der Waals surface area contributed by atoms with Gasteiger partial charge in [-0.05, 0) is 77.0 Å². The zero-order valence-electron chi connectivity index (χ0n) is 39.2. The average molecular weight is 830 g/mol. The first-order valence-corrected chi connectivity index (χ1v) is 25.8. The third kappa shape index (κ3) is 45.4. The van der Waals surface area contributed by atoms with Gasteiger partial charge in [-0.2, -0.15) is 0 Å². The molecule has 2 unspecified atom stereocenters. The Bertz CT molecular complexity index is 962. The Hall–Kier alpha value is -1.92. The fraction of sp³-hybridized carbons (Fsp3) is 0.849. The minimum Gasteiger partial charge on any atom is -0.466 e. The van der Waals surface area contributed by atoms with Crippen LogP contribution in [0.3, 0.4) is 0 Å². The van der Waals surface area contributed by atoms with E-state index < -0.39 is 12.1 Å². The molecule has 0 aliphatic carbocycles. The molecule has 2 atom stereocenters. The number of aliphatic hydroxyl groups is 2. The third-order valence-electron chi connectivity index (χ3n) is 11.6. The first-order valence-electron chi connectivity index (χ1n) is 25.8. The van der Waals surface area contributed by atoms with Gasteiger partial charge in [-0.3, -0.25) is 9.59 Å². The number of allylic oxidation sites excluding steroid dienone is 5. The highest BCUT2D eigenvalue weighted by atomic mass is 16.5. The molecule has 0 heterocycles. The number of esters is 1. The van der Waals surface area contributed by atoms with E-state index in [-0.39, 0.29) is 18.5 Å². The van der Waals surface area contributed by atoms with E-state index in [9.17, 15) is 19.8 Å². The van der Waals surface area contributed by atoms with Gasteiger partial charge >= 0.3 is 5.97 Å². The smallest absolute Gasteiger partial charge is 0.305 e. The third-order valence-corrected chi connectivity index (χ3v) is 11.6. The predicted molar refractivity (Wildman–Crippen MR) is 255 cm³/mol. The molecule has 6 nitrogen and oxygen atoms in total. The van der Waals surface area contributed by atoms with Crippen LogP contribution < -0.4 is 5.32 Å². The second-order valence-electron chi connectivity index (χ2n) is 17.5. The number of hydrogen-bond donors (Lipinski definition) is 3. The van der Waals surface area contributed by atoms with E-state index >= 15 is 0 Å². The van der Waals surface area contributed by atoms with Crippen LogP contribution in [0.1, 0.15) is 264 Å². The van der Waals surface area contributed by atoms with E-state index in [2.05, 4.69) is 43.5 Å². The maximum atomic E-state index is 12.4. The summed E-state index contributed by atoms with van der Waals surface area (Å²) in [6.45, 7) is 4.80. The number of rotatable bonds is 47. The van der Waals surface area contributed by atoms with E-state index in [4.69, 9.17) is 4.74 Å². The first kappa shape index (κ1) is 57.1. The molecule has 0 saturated carbocycles. The van der Waals surface area contributed by atoms with Crippen LogP contribution >= 0.6 is 0 Å². The van der Waals surface area contributed by atoms with Gasteiger partial charge in [-0.15, -0.1) is 0 Å².